The van der Waals surface area contributed by atoms with Crippen molar-refractivity contribution in [3.63, 3.8) is 0 Å². The molecule has 4 nitrogen and oxygen atoms in total. The van der Waals surface area contributed by atoms with E-state index < -0.39 is 0 Å². The summed E-state index contributed by atoms with van der Waals surface area (Å²) in [6.45, 7) is 6.69. The predicted octanol–water partition coefficient (Wildman–Crippen LogP) is 3.48. The molecule has 2 aromatic carbocycles. The van der Waals surface area contributed by atoms with E-state index in [1.165, 1.54) is 5.56 Å². The van der Waals surface area contributed by atoms with Crippen LogP contribution in [-0.4, -0.2) is 47.9 Å². The fraction of sp³-hybridized carbons (Fsp3) is 0.350. The van der Waals surface area contributed by atoms with Crippen LogP contribution in [0.3, 0.4) is 0 Å². The lowest BCUT2D eigenvalue weighted by atomic mass is 10.1. The predicted molar refractivity (Wildman–Crippen MR) is 103 cm³/mol. The van der Waals surface area contributed by atoms with Crippen molar-refractivity contribution in [1.29, 1.82) is 0 Å². The van der Waals surface area contributed by atoms with Crippen LogP contribution in [0.4, 0.5) is 5.69 Å². The Kier molecular flexibility index (Phi) is 6.08. The molecule has 1 unspecified atom stereocenters. The third kappa shape index (κ3) is 5.05. The average Bonchev–Trinajstić information content (AvgIpc) is 2.62. The standard InChI is InChI=1S/C20H24ClN3O/c1-16(20(25)22-19-9-5-8-18(21)14-19)24-12-10-23(11-13-24)15-17-6-3-2-4-7-17/h2-9,14,16H,10-13,15H2,1H3,(H,22,25). The topological polar surface area (TPSA) is 35.6 Å². The van der Waals surface area contributed by atoms with E-state index in [0.717, 1.165) is 38.4 Å². The zero-order valence-corrected chi connectivity index (χ0v) is 15.2. The van der Waals surface area contributed by atoms with E-state index in [1.54, 1.807) is 12.1 Å². The first-order valence-corrected chi connectivity index (χ1v) is 9.06. The molecule has 0 aromatic heterocycles. The molecule has 25 heavy (non-hydrogen) atoms. The fourth-order valence-corrected chi connectivity index (χ4v) is 3.32. The maximum Gasteiger partial charge on any atom is 0.241 e. The molecule has 1 fully saturated rings. The molecular formula is C20H24ClN3O. The highest BCUT2D eigenvalue weighted by atomic mass is 35.5. The number of halogens is 1. The first kappa shape index (κ1) is 17.9. The van der Waals surface area contributed by atoms with Crippen molar-refractivity contribution >= 4 is 23.2 Å². The van der Waals surface area contributed by atoms with Gasteiger partial charge in [-0.25, -0.2) is 0 Å². The smallest absolute Gasteiger partial charge is 0.241 e. The van der Waals surface area contributed by atoms with Gasteiger partial charge < -0.3 is 5.32 Å². The molecule has 1 atom stereocenters. The van der Waals surface area contributed by atoms with Crippen molar-refractivity contribution in [2.24, 2.45) is 0 Å². The van der Waals surface area contributed by atoms with E-state index >= 15 is 0 Å². The molecule has 0 saturated carbocycles. The van der Waals surface area contributed by atoms with E-state index in [0.29, 0.717) is 5.02 Å². The van der Waals surface area contributed by atoms with Gasteiger partial charge in [-0.3, -0.25) is 14.6 Å². The van der Waals surface area contributed by atoms with E-state index in [4.69, 9.17) is 11.6 Å². The van der Waals surface area contributed by atoms with Gasteiger partial charge in [0, 0.05) is 43.4 Å². The number of hydrogen-bond donors (Lipinski definition) is 1. The highest BCUT2D eigenvalue weighted by Crippen LogP contribution is 2.16. The normalized spacial score (nSPS) is 17.2. The van der Waals surface area contributed by atoms with Crippen LogP contribution in [0.2, 0.25) is 5.02 Å². The Balaban J connectivity index is 1.49. The van der Waals surface area contributed by atoms with E-state index in [-0.39, 0.29) is 11.9 Å². The zero-order valence-electron chi connectivity index (χ0n) is 14.5. The van der Waals surface area contributed by atoms with Crippen LogP contribution in [-0.2, 0) is 11.3 Å². The van der Waals surface area contributed by atoms with Crippen LogP contribution >= 0.6 is 11.6 Å². The number of rotatable bonds is 5. The molecule has 2 aromatic rings. The first-order valence-electron chi connectivity index (χ1n) is 8.68. The number of piperazine rings is 1. The summed E-state index contributed by atoms with van der Waals surface area (Å²) in [5.74, 6) is 0.0128. The SMILES string of the molecule is CC(C(=O)Nc1cccc(Cl)c1)N1CCN(Cc2ccccc2)CC1. The molecular weight excluding hydrogens is 334 g/mol. The van der Waals surface area contributed by atoms with Gasteiger partial charge in [-0.2, -0.15) is 0 Å². The lowest BCUT2D eigenvalue weighted by molar-refractivity contribution is -0.121. The van der Waals surface area contributed by atoms with E-state index in [2.05, 4.69) is 39.4 Å². The number of amides is 1. The second-order valence-electron chi connectivity index (χ2n) is 6.47. The second-order valence-corrected chi connectivity index (χ2v) is 6.91. The minimum atomic E-state index is -0.155. The Bertz CT molecular complexity index is 699. The summed E-state index contributed by atoms with van der Waals surface area (Å²) in [5, 5.41) is 3.58. The molecule has 0 radical (unpaired) electrons. The summed E-state index contributed by atoms with van der Waals surface area (Å²) < 4.78 is 0. The largest absolute Gasteiger partial charge is 0.325 e. The fourth-order valence-electron chi connectivity index (χ4n) is 3.13. The lowest BCUT2D eigenvalue weighted by Gasteiger charge is -2.37. The summed E-state index contributed by atoms with van der Waals surface area (Å²) >= 11 is 5.97. The molecule has 0 spiro atoms. The third-order valence-electron chi connectivity index (χ3n) is 4.68. The molecule has 1 saturated heterocycles. The van der Waals surface area contributed by atoms with Gasteiger partial charge in [-0.1, -0.05) is 48.0 Å². The van der Waals surface area contributed by atoms with Crippen molar-refractivity contribution in [2.75, 3.05) is 31.5 Å². The molecule has 1 N–H and O–H groups in total. The number of nitrogens with one attached hydrogen (secondary N) is 1. The van der Waals surface area contributed by atoms with Crippen molar-refractivity contribution in [3.8, 4) is 0 Å². The van der Waals surface area contributed by atoms with Crippen LogP contribution in [0.25, 0.3) is 0 Å². The summed E-state index contributed by atoms with van der Waals surface area (Å²) in [4.78, 5) is 17.2. The zero-order chi connectivity index (χ0) is 17.6. The summed E-state index contributed by atoms with van der Waals surface area (Å²) in [7, 11) is 0. The Labute approximate surface area is 154 Å². The van der Waals surface area contributed by atoms with Crippen LogP contribution in [0, 0.1) is 0 Å². The molecule has 0 bridgehead atoms. The van der Waals surface area contributed by atoms with Gasteiger partial charge in [0.25, 0.3) is 0 Å². The minimum Gasteiger partial charge on any atom is -0.325 e. The number of carbonyl (C=O) groups is 1. The molecule has 1 heterocycles. The number of hydrogen-bond acceptors (Lipinski definition) is 3. The number of nitrogens with zero attached hydrogens (tertiary/aromatic N) is 2. The molecule has 0 aliphatic carbocycles. The monoisotopic (exact) mass is 357 g/mol. The second kappa shape index (κ2) is 8.48. The quantitative estimate of drug-likeness (QED) is 0.889. The molecule has 1 aliphatic heterocycles. The van der Waals surface area contributed by atoms with Gasteiger partial charge in [0.15, 0.2) is 0 Å². The highest BCUT2D eigenvalue weighted by molar-refractivity contribution is 6.30. The molecule has 5 heteroatoms. The maximum atomic E-state index is 12.5. The van der Waals surface area contributed by atoms with Crippen LogP contribution < -0.4 is 5.32 Å². The Morgan fingerprint density at radius 3 is 2.48 bits per heavy atom. The lowest BCUT2D eigenvalue weighted by Crippen LogP contribution is -2.52. The van der Waals surface area contributed by atoms with Crippen molar-refractivity contribution in [2.45, 2.75) is 19.5 Å². The molecule has 1 aliphatic rings. The Morgan fingerprint density at radius 2 is 1.80 bits per heavy atom. The van der Waals surface area contributed by atoms with Gasteiger partial charge in [0.05, 0.1) is 6.04 Å². The third-order valence-corrected chi connectivity index (χ3v) is 4.91. The average molecular weight is 358 g/mol. The summed E-state index contributed by atoms with van der Waals surface area (Å²) in [5.41, 5.74) is 2.08. The van der Waals surface area contributed by atoms with E-state index in [9.17, 15) is 4.79 Å². The van der Waals surface area contributed by atoms with Gasteiger partial charge in [-0.05, 0) is 30.7 Å². The van der Waals surface area contributed by atoms with Crippen molar-refractivity contribution in [1.82, 2.24) is 9.80 Å². The van der Waals surface area contributed by atoms with Crippen LogP contribution in [0.15, 0.2) is 54.6 Å². The number of benzene rings is 2. The van der Waals surface area contributed by atoms with Gasteiger partial charge in [0.2, 0.25) is 5.91 Å². The van der Waals surface area contributed by atoms with Gasteiger partial charge in [0.1, 0.15) is 0 Å². The van der Waals surface area contributed by atoms with Crippen LogP contribution in [0.1, 0.15) is 12.5 Å². The summed E-state index contributed by atoms with van der Waals surface area (Å²) in [6, 6.07) is 17.6. The van der Waals surface area contributed by atoms with Gasteiger partial charge in [-0.15, -0.1) is 0 Å². The molecule has 1 amide bonds. The van der Waals surface area contributed by atoms with Crippen molar-refractivity contribution < 1.29 is 4.79 Å². The van der Waals surface area contributed by atoms with Crippen molar-refractivity contribution in [3.05, 3.63) is 65.2 Å². The Morgan fingerprint density at radius 1 is 1.08 bits per heavy atom. The minimum absolute atomic E-state index is 0.0128. The van der Waals surface area contributed by atoms with Gasteiger partial charge >= 0.3 is 0 Å². The Hall–Kier alpha value is -1.88. The number of carbonyl (C=O) groups excluding carboxylic acids is 1. The first-order chi connectivity index (χ1) is 12.1. The highest BCUT2D eigenvalue weighted by Gasteiger charge is 2.25. The van der Waals surface area contributed by atoms with Crippen LogP contribution in [0.5, 0.6) is 0 Å². The number of anilines is 1. The maximum absolute atomic E-state index is 12.5. The molecule has 3 rings (SSSR count). The van der Waals surface area contributed by atoms with E-state index in [1.807, 2.05) is 25.1 Å². The summed E-state index contributed by atoms with van der Waals surface area (Å²) in [6.07, 6.45) is 0. The molecule has 132 valence electrons.